The highest BCUT2D eigenvalue weighted by atomic mass is 35.5. The number of fused-ring (bicyclic) bond motifs is 1. The Morgan fingerprint density at radius 1 is 1.28 bits per heavy atom. The van der Waals surface area contributed by atoms with Gasteiger partial charge >= 0.3 is 5.97 Å². The highest BCUT2D eigenvalue weighted by Crippen LogP contribution is 2.33. The number of halogens is 1. The Kier molecular flexibility index (Phi) is 6.93. The summed E-state index contributed by atoms with van der Waals surface area (Å²) in [5.74, 6) is -1.18. The minimum Gasteiger partial charge on any atom is -0.468 e. The summed E-state index contributed by atoms with van der Waals surface area (Å²) >= 11 is 6.55. The molecule has 2 N–H and O–H groups in total. The number of carbonyl (C=O) groups is 2. The maximum Gasteiger partial charge on any atom is 0.318 e. The maximum absolute atomic E-state index is 12.6. The number of methoxy groups -OCH3 is 1. The monoisotopic (exact) mass is 459 g/mol. The number of aromatic nitrogens is 4. The van der Waals surface area contributed by atoms with Crippen LogP contribution < -0.4 is 5.32 Å². The smallest absolute Gasteiger partial charge is 0.318 e. The van der Waals surface area contributed by atoms with E-state index in [4.69, 9.17) is 16.3 Å². The van der Waals surface area contributed by atoms with Crippen molar-refractivity contribution in [3.63, 3.8) is 0 Å². The molecular weight excluding hydrogens is 430 g/mol. The van der Waals surface area contributed by atoms with Crippen molar-refractivity contribution < 1.29 is 14.3 Å². The molecule has 2 aromatic heterocycles. The maximum atomic E-state index is 12.6. The van der Waals surface area contributed by atoms with Crippen molar-refractivity contribution in [1.82, 2.24) is 19.8 Å². The topological polar surface area (TPSA) is 101 Å². The van der Waals surface area contributed by atoms with Crippen molar-refractivity contribution >= 4 is 34.8 Å². The minimum atomic E-state index is -0.829. The van der Waals surface area contributed by atoms with E-state index in [2.05, 4.69) is 41.3 Å². The van der Waals surface area contributed by atoms with Gasteiger partial charge in [-0.1, -0.05) is 52.6 Å². The number of aromatic amines is 1. The van der Waals surface area contributed by atoms with E-state index in [1.807, 2.05) is 26.0 Å². The zero-order valence-electron chi connectivity index (χ0n) is 19.4. The number of carbonyl (C=O) groups excluding carboxylic acids is 2. The Morgan fingerprint density at radius 3 is 2.56 bits per heavy atom. The number of hydrogen-bond donors (Lipinski definition) is 2. The number of ether oxygens (including phenoxy) is 1. The van der Waals surface area contributed by atoms with E-state index in [0.29, 0.717) is 41.4 Å². The number of nitrogens with one attached hydrogen (secondary N) is 2. The van der Waals surface area contributed by atoms with Crippen molar-refractivity contribution in [3.05, 3.63) is 34.5 Å². The Balaban J connectivity index is 1.90. The first kappa shape index (κ1) is 23.8. The first-order valence-corrected chi connectivity index (χ1v) is 11.1. The molecular formula is C23H30ClN5O3. The highest BCUT2D eigenvalue weighted by Gasteiger charge is 2.27. The summed E-state index contributed by atoms with van der Waals surface area (Å²) in [4.78, 5) is 29.2. The first-order chi connectivity index (χ1) is 15.1. The van der Waals surface area contributed by atoms with Crippen molar-refractivity contribution in [1.29, 1.82) is 0 Å². The number of nitrogens with zero attached hydrogens (tertiary/aromatic N) is 3. The van der Waals surface area contributed by atoms with Crippen LogP contribution in [0.4, 0.5) is 5.69 Å². The second kappa shape index (κ2) is 9.32. The van der Waals surface area contributed by atoms with Gasteiger partial charge in [0.25, 0.3) is 0 Å². The third-order valence-corrected chi connectivity index (χ3v) is 5.72. The fourth-order valence-electron chi connectivity index (χ4n) is 3.61. The van der Waals surface area contributed by atoms with Gasteiger partial charge in [0.2, 0.25) is 5.91 Å². The summed E-state index contributed by atoms with van der Waals surface area (Å²) in [6.07, 6.45) is 1.84. The number of rotatable bonds is 7. The van der Waals surface area contributed by atoms with Gasteiger partial charge in [-0.05, 0) is 36.6 Å². The highest BCUT2D eigenvalue weighted by molar-refractivity contribution is 6.34. The van der Waals surface area contributed by atoms with Gasteiger partial charge in [-0.25, -0.2) is 4.98 Å². The van der Waals surface area contributed by atoms with Crippen LogP contribution in [0.2, 0.25) is 5.02 Å². The molecule has 3 aromatic rings. The summed E-state index contributed by atoms with van der Waals surface area (Å²) in [6.45, 7) is 10.1. The number of esters is 1. The predicted octanol–water partition coefficient (Wildman–Crippen LogP) is 4.77. The van der Waals surface area contributed by atoms with Crippen LogP contribution in [-0.4, -0.2) is 38.8 Å². The number of H-pyrrole nitrogens is 1. The van der Waals surface area contributed by atoms with Gasteiger partial charge in [0, 0.05) is 16.7 Å². The number of benzene rings is 1. The average Bonchev–Trinajstić information content (AvgIpc) is 3.30. The molecule has 1 aromatic carbocycles. The third-order valence-electron chi connectivity index (χ3n) is 5.36. The second-order valence-corrected chi connectivity index (χ2v) is 9.18. The van der Waals surface area contributed by atoms with Crippen molar-refractivity contribution in [2.45, 2.75) is 59.3 Å². The van der Waals surface area contributed by atoms with E-state index in [0.717, 1.165) is 16.8 Å². The molecule has 3 rings (SSSR count). The third kappa shape index (κ3) is 4.65. The lowest BCUT2D eigenvalue weighted by atomic mass is 9.92. The van der Waals surface area contributed by atoms with Crippen LogP contribution in [0.15, 0.2) is 18.2 Å². The molecule has 1 unspecified atom stereocenters. The zero-order chi connectivity index (χ0) is 23.6. The number of anilines is 1. The SMILES string of the molecule is CCCC(C(=O)Nc1ccc(-c2nc3c(Cl)c(C(C)(C)C)[nH]n3n2)c(CC)c1)C(=O)OC. The molecule has 0 saturated heterocycles. The van der Waals surface area contributed by atoms with Crippen LogP contribution in [-0.2, 0) is 26.2 Å². The van der Waals surface area contributed by atoms with Crippen LogP contribution >= 0.6 is 11.6 Å². The van der Waals surface area contributed by atoms with Gasteiger partial charge < -0.3 is 10.1 Å². The lowest BCUT2D eigenvalue weighted by Crippen LogP contribution is -2.30. The number of aryl methyl sites for hydroxylation is 1. The number of amides is 1. The Labute approximate surface area is 192 Å². The molecule has 0 fully saturated rings. The van der Waals surface area contributed by atoms with Crippen LogP contribution in [0.3, 0.4) is 0 Å². The van der Waals surface area contributed by atoms with Gasteiger partial charge in [0.1, 0.15) is 10.9 Å². The molecule has 2 heterocycles. The Hall–Kier alpha value is -2.87. The molecule has 32 heavy (non-hydrogen) atoms. The van der Waals surface area contributed by atoms with E-state index in [9.17, 15) is 9.59 Å². The fraction of sp³-hybridized carbons (Fsp3) is 0.478. The molecule has 1 atom stereocenters. The molecule has 0 spiro atoms. The molecule has 0 aliphatic carbocycles. The molecule has 9 heteroatoms. The summed E-state index contributed by atoms with van der Waals surface area (Å²) in [6, 6.07) is 5.53. The number of hydrogen-bond acceptors (Lipinski definition) is 5. The molecule has 0 aliphatic heterocycles. The van der Waals surface area contributed by atoms with E-state index in [1.54, 1.807) is 10.7 Å². The van der Waals surface area contributed by atoms with Crippen LogP contribution in [0.1, 0.15) is 58.7 Å². The van der Waals surface area contributed by atoms with Gasteiger partial charge in [0.15, 0.2) is 11.5 Å². The largest absolute Gasteiger partial charge is 0.468 e. The molecule has 8 nitrogen and oxygen atoms in total. The average molecular weight is 460 g/mol. The van der Waals surface area contributed by atoms with E-state index < -0.39 is 11.9 Å². The molecule has 0 bridgehead atoms. The molecule has 0 aliphatic rings. The van der Waals surface area contributed by atoms with Gasteiger partial charge in [-0.15, -0.1) is 5.10 Å². The van der Waals surface area contributed by atoms with Gasteiger partial charge in [-0.3, -0.25) is 14.7 Å². The fourth-order valence-corrected chi connectivity index (χ4v) is 4.06. The predicted molar refractivity (Wildman–Crippen MR) is 125 cm³/mol. The molecule has 0 radical (unpaired) electrons. The van der Waals surface area contributed by atoms with Gasteiger partial charge in [0.05, 0.1) is 12.8 Å². The van der Waals surface area contributed by atoms with Gasteiger partial charge in [-0.2, -0.15) is 4.63 Å². The molecule has 1 amide bonds. The lowest BCUT2D eigenvalue weighted by molar-refractivity contribution is -0.148. The lowest BCUT2D eigenvalue weighted by Gasteiger charge is -2.16. The van der Waals surface area contributed by atoms with Crippen molar-refractivity contribution in [3.8, 4) is 11.4 Å². The van der Waals surface area contributed by atoms with E-state index >= 15 is 0 Å². The van der Waals surface area contributed by atoms with Crippen molar-refractivity contribution in [2.24, 2.45) is 5.92 Å². The van der Waals surface area contributed by atoms with Crippen molar-refractivity contribution in [2.75, 3.05) is 12.4 Å². The molecule has 0 saturated carbocycles. The summed E-state index contributed by atoms with van der Waals surface area (Å²) in [7, 11) is 1.29. The summed E-state index contributed by atoms with van der Waals surface area (Å²) in [5.41, 5.74) is 3.72. The molecule has 172 valence electrons. The quantitative estimate of drug-likeness (QED) is 0.391. The van der Waals surface area contributed by atoms with E-state index in [1.165, 1.54) is 7.11 Å². The summed E-state index contributed by atoms with van der Waals surface area (Å²) in [5, 5.41) is 11.2. The summed E-state index contributed by atoms with van der Waals surface area (Å²) < 4.78 is 6.37. The van der Waals surface area contributed by atoms with Crippen LogP contribution in [0, 0.1) is 5.92 Å². The normalized spacial score (nSPS) is 12.7. The van der Waals surface area contributed by atoms with E-state index in [-0.39, 0.29) is 11.3 Å². The first-order valence-electron chi connectivity index (χ1n) is 10.8. The Morgan fingerprint density at radius 2 is 2.00 bits per heavy atom. The zero-order valence-corrected chi connectivity index (χ0v) is 20.1. The standard InChI is InChI=1S/C23H30ClN5O3/c1-7-9-16(22(31)32-6)21(30)25-14-10-11-15(13(8-2)12-14)19-26-20-17(24)18(23(3,4)5)27-29(20)28-19/h10-12,16,27H,7-9H2,1-6H3,(H,25,30). The van der Waals surface area contributed by atoms with Crippen LogP contribution in [0.5, 0.6) is 0 Å². The minimum absolute atomic E-state index is 0.159. The Bertz CT molecular complexity index is 1140. The van der Waals surface area contributed by atoms with Crippen LogP contribution in [0.25, 0.3) is 17.0 Å². The second-order valence-electron chi connectivity index (χ2n) is 8.80.